The van der Waals surface area contributed by atoms with Crippen LogP contribution in [0.1, 0.15) is 278 Å². The third-order valence-electron chi connectivity index (χ3n) is 13.7. The number of ether oxygens (including phenoxy) is 3. The molecule has 0 radical (unpaired) electrons. The van der Waals surface area contributed by atoms with Gasteiger partial charge in [-0.3, -0.25) is 14.4 Å². The Morgan fingerprint density at radius 1 is 0.241 bits per heavy atom. The molecule has 0 saturated carbocycles. The van der Waals surface area contributed by atoms with E-state index in [9.17, 15) is 14.4 Å². The summed E-state index contributed by atoms with van der Waals surface area (Å²) in [6.07, 6.45) is 102. The van der Waals surface area contributed by atoms with E-state index >= 15 is 0 Å². The molecule has 0 amide bonds. The van der Waals surface area contributed by atoms with Gasteiger partial charge in [0.25, 0.3) is 0 Å². The molecule has 0 aromatic heterocycles. The highest BCUT2D eigenvalue weighted by molar-refractivity contribution is 5.71. The second-order valence-corrected chi connectivity index (χ2v) is 21.6. The van der Waals surface area contributed by atoms with E-state index in [-0.39, 0.29) is 37.5 Å². The summed E-state index contributed by atoms with van der Waals surface area (Å²) in [5.41, 5.74) is 0. The average molecular weight is 1140 g/mol. The number of unbranched alkanes of at least 4 members (excludes halogenated alkanes) is 20. The van der Waals surface area contributed by atoms with E-state index in [1.807, 2.05) is 0 Å². The summed E-state index contributed by atoms with van der Waals surface area (Å²) >= 11 is 0. The Morgan fingerprint density at radius 3 is 0.687 bits per heavy atom. The maximum Gasteiger partial charge on any atom is 0.306 e. The highest BCUT2D eigenvalue weighted by atomic mass is 16.6. The second-order valence-electron chi connectivity index (χ2n) is 21.6. The minimum absolute atomic E-state index is 0.104. The lowest BCUT2D eigenvalue weighted by Gasteiger charge is -2.18. The maximum atomic E-state index is 12.9. The van der Waals surface area contributed by atoms with Gasteiger partial charge in [-0.1, -0.05) is 281 Å². The summed E-state index contributed by atoms with van der Waals surface area (Å²) in [6, 6.07) is 0. The normalized spacial score (nSPS) is 13.2. The first-order valence-corrected chi connectivity index (χ1v) is 33.6. The van der Waals surface area contributed by atoms with Crippen LogP contribution in [-0.4, -0.2) is 37.2 Å². The van der Waals surface area contributed by atoms with Gasteiger partial charge in [-0.05, 0) is 148 Å². The minimum Gasteiger partial charge on any atom is -0.462 e. The Balaban J connectivity index is 4.43. The molecule has 466 valence electrons. The fraction of sp³-hybridized carbons (Fsp3) is 0.597. The summed E-state index contributed by atoms with van der Waals surface area (Å²) in [7, 11) is 0. The van der Waals surface area contributed by atoms with E-state index in [0.717, 1.165) is 161 Å². The Kier molecular flexibility index (Phi) is 64.9. The van der Waals surface area contributed by atoms with Crippen LogP contribution in [-0.2, 0) is 28.6 Å². The zero-order valence-electron chi connectivity index (χ0n) is 53.4. The van der Waals surface area contributed by atoms with Crippen LogP contribution in [0.15, 0.2) is 170 Å². The van der Waals surface area contributed by atoms with Crippen LogP contribution in [0.2, 0.25) is 0 Å². The predicted molar refractivity (Wildman–Crippen MR) is 361 cm³/mol. The molecular weight excluding hydrogens is 1020 g/mol. The lowest BCUT2D eigenvalue weighted by molar-refractivity contribution is -0.167. The van der Waals surface area contributed by atoms with Gasteiger partial charge in [0.2, 0.25) is 0 Å². The molecule has 6 heteroatoms. The lowest BCUT2D eigenvalue weighted by atomic mass is 10.1. The second kappa shape index (κ2) is 69.3. The van der Waals surface area contributed by atoms with Gasteiger partial charge in [0.1, 0.15) is 13.2 Å². The first-order valence-electron chi connectivity index (χ1n) is 33.6. The summed E-state index contributed by atoms with van der Waals surface area (Å²) in [5, 5.41) is 0. The molecule has 0 heterocycles. The molecule has 0 spiro atoms. The summed E-state index contributed by atoms with van der Waals surface area (Å²) in [5.74, 6) is -0.952. The van der Waals surface area contributed by atoms with Crippen molar-refractivity contribution in [3.05, 3.63) is 170 Å². The van der Waals surface area contributed by atoms with Gasteiger partial charge in [0.15, 0.2) is 6.10 Å². The van der Waals surface area contributed by atoms with Crippen molar-refractivity contribution in [3.63, 3.8) is 0 Å². The Hall–Kier alpha value is -5.23. The molecule has 0 fully saturated rings. The van der Waals surface area contributed by atoms with E-state index in [2.05, 4.69) is 191 Å². The van der Waals surface area contributed by atoms with Crippen molar-refractivity contribution in [1.29, 1.82) is 0 Å². The van der Waals surface area contributed by atoms with Gasteiger partial charge in [-0.2, -0.15) is 0 Å². The molecule has 0 rings (SSSR count). The van der Waals surface area contributed by atoms with Crippen molar-refractivity contribution < 1.29 is 28.6 Å². The van der Waals surface area contributed by atoms with Gasteiger partial charge in [-0.25, -0.2) is 0 Å². The van der Waals surface area contributed by atoms with Crippen LogP contribution in [0.4, 0.5) is 0 Å². The molecule has 0 aromatic carbocycles. The average Bonchev–Trinajstić information content (AvgIpc) is 3.49. The van der Waals surface area contributed by atoms with Crippen LogP contribution in [0, 0.1) is 0 Å². The van der Waals surface area contributed by atoms with Gasteiger partial charge in [-0.15, -0.1) is 0 Å². The zero-order chi connectivity index (χ0) is 59.9. The highest BCUT2D eigenvalue weighted by Gasteiger charge is 2.19. The van der Waals surface area contributed by atoms with Crippen molar-refractivity contribution in [1.82, 2.24) is 0 Å². The number of rotatable bonds is 59. The van der Waals surface area contributed by atoms with E-state index in [4.69, 9.17) is 14.2 Å². The van der Waals surface area contributed by atoms with Crippen LogP contribution < -0.4 is 0 Å². The molecule has 0 aliphatic rings. The molecule has 0 aromatic rings. The summed E-state index contributed by atoms with van der Waals surface area (Å²) in [6.45, 7) is 6.27. The number of carbonyl (C=O) groups is 3. The number of esters is 3. The van der Waals surface area contributed by atoms with Gasteiger partial charge >= 0.3 is 17.9 Å². The monoisotopic (exact) mass is 1140 g/mol. The molecule has 83 heavy (non-hydrogen) atoms. The summed E-state index contributed by atoms with van der Waals surface area (Å²) in [4.78, 5) is 38.4. The molecule has 0 bridgehead atoms. The third kappa shape index (κ3) is 67.4. The molecule has 0 N–H and O–H groups in total. The first kappa shape index (κ1) is 77.8. The number of carbonyl (C=O) groups excluding carboxylic acids is 3. The standard InChI is InChI=1S/C77H122O6/c1-4-7-10-13-16-19-22-25-28-31-33-34-35-36-37-38-39-40-41-42-44-46-49-52-55-58-61-64-67-70-76(79)82-73-74(72-81-75(78)69-66-63-60-57-54-51-48-45-30-27-24-21-18-15-12-9-6-3)83-77(80)71-68-65-62-59-56-53-50-47-43-32-29-26-23-20-17-14-11-8-5-2/h7-12,16-21,25-30,33-34,36-37,39-40,43,47,53,56,74H,4-6,13-15,22-24,31-32,35,38,41-42,44-46,48-52,54-55,57-73H2,1-3H3/b10-7-,11-8-,12-9-,19-16-,20-17-,21-18-,28-25-,29-26-,30-27-,34-33-,37-36-,40-39-,47-43-,56-53-. The number of allylic oxidation sites excluding steroid dienone is 28. The van der Waals surface area contributed by atoms with Crippen molar-refractivity contribution >= 4 is 17.9 Å². The SMILES string of the molecule is CC/C=C\C/C=C\C/C=C\C/C=C\C/C=C\C/C=C\CCCCCCCCCCCCC(=O)OCC(COC(=O)CCCCCCCCC/C=C\C/C=C\C/C=C\CC)OC(=O)CCCCC/C=C\C/C=C\C/C=C\C/C=C\C/C=C\CC. The molecule has 0 aliphatic heterocycles. The molecule has 6 nitrogen and oxygen atoms in total. The Morgan fingerprint density at radius 2 is 0.434 bits per heavy atom. The van der Waals surface area contributed by atoms with Crippen LogP contribution in [0.3, 0.4) is 0 Å². The lowest BCUT2D eigenvalue weighted by Crippen LogP contribution is -2.30. The van der Waals surface area contributed by atoms with Crippen molar-refractivity contribution in [2.45, 2.75) is 284 Å². The molecule has 0 aliphatic carbocycles. The summed E-state index contributed by atoms with van der Waals surface area (Å²) < 4.78 is 16.9. The Labute approximate surface area is 511 Å². The van der Waals surface area contributed by atoms with E-state index < -0.39 is 6.10 Å². The van der Waals surface area contributed by atoms with Gasteiger partial charge < -0.3 is 14.2 Å². The zero-order valence-corrected chi connectivity index (χ0v) is 53.4. The van der Waals surface area contributed by atoms with E-state index in [0.29, 0.717) is 19.3 Å². The molecule has 1 atom stereocenters. The smallest absolute Gasteiger partial charge is 0.306 e. The first-order chi connectivity index (χ1) is 41.0. The third-order valence-corrected chi connectivity index (χ3v) is 13.7. The quantitative estimate of drug-likeness (QED) is 0.0261. The van der Waals surface area contributed by atoms with Gasteiger partial charge in [0.05, 0.1) is 0 Å². The maximum absolute atomic E-state index is 12.9. The Bertz CT molecular complexity index is 1890. The van der Waals surface area contributed by atoms with Crippen LogP contribution in [0.25, 0.3) is 0 Å². The fourth-order valence-electron chi connectivity index (χ4n) is 8.78. The molecular formula is C77H122O6. The van der Waals surface area contributed by atoms with E-state index in [1.165, 1.54) is 70.6 Å². The van der Waals surface area contributed by atoms with Crippen LogP contribution >= 0.6 is 0 Å². The van der Waals surface area contributed by atoms with Crippen molar-refractivity contribution in [3.8, 4) is 0 Å². The topological polar surface area (TPSA) is 78.9 Å². The fourth-order valence-corrected chi connectivity index (χ4v) is 8.78. The van der Waals surface area contributed by atoms with E-state index in [1.54, 1.807) is 0 Å². The minimum atomic E-state index is -0.812. The molecule has 1 unspecified atom stereocenters. The van der Waals surface area contributed by atoms with Gasteiger partial charge in [0, 0.05) is 19.3 Å². The molecule has 0 saturated heterocycles. The number of hydrogen-bond donors (Lipinski definition) is 0. The predicted octanol–water partition coefficient (Wildman–Crippen LogP) is 23.4. The van der Waals surface area contributed by atoms with Crippen molar-refractivity contribution in [2.24, 2.45) is 0 Å². The number of hydrogen-bond acceptors (Lipinski definition) is 6. The van der Waals surface area contributed by atoms with Crippen molar-refractivity contribution in [2.75, 3.05) is 13.2 Å². The highest BCUT2D eigenvalue weighted by Crippen LogP contribution is 2.15. The largest absolute Gasteiger partial charge is 0.462 e. The van der Waals surface area contributed by atoms with Crippen LogP contribution in [0.5, 0.6) is 0 Å².